The van der Waals surface area contributed by atoms with Crippen molar-refractivity contribution in [3.05, 3.63) is 11.8 Å². The smallest absolute Gasteiger partial charge is 0.0998 e. The highest BCUT2D eigenvalue weighted by molar-refractivity contribution is 4.92. The molecule has 0 unspecified atom stereocenters. The summed E-state index contributed by atoms with van der Waals surface area (Å²) < 4.78 is 0. The molecule has 1 aliphatic rings. The SMILES string of the molecule is [NH3+]C1=CCCCC1. The Bertz CT molecular complexity index is 84.2. The molecule has 7 heavy (non-hydrogen) atoms. The molecule has 0 saturated heterocycles. The van der Waals surface area contributed by atoms with Gasteiger partial charge in [0.1, 0.15) is 0 Å². The molecule has 3 N–H and O–H groups in total. The number of hydrogen-bond acceptors (Lipinski definition) is 0. The third-order valence-corrected chi connectivity index (χ3v) is 1.39. The van der Waals surface area contributed by atoms with E-state index in [1.807, 2.05) is 0 Å². The van der Waals surface area contributed by atoms with Crippen LogP contribution in [0.1, 0.15) is 25.7 Å². The lowest BCUT2D eigenvalue weighted by Crippen LogP contribution is -2.47. The van der Waals surface area contributed by atoms with Crippen LogP contribution in [-0.2, 0) is 0 Å². The minimum Gasteiger partial charge on any atom is -0.329 e. The Morgan fingerprint density at radius 2 is 2.29 bits per heavy atom. The molecule has 0 amide bonds. The molecule has 0 spiro atoms. The van der Waals surface area contributed by atoms with Crippen LogP contribution < -0.4 is 5.73 Å². The standard InChI is InChI=1S/C6H11N/c7-6-4-2-1-3-5-6/h4H,1-3,5,7H2/p+1. The second-order valence-corrected chi connectivity index (χ2v) is 2.11. The summed E-state index contributed by atoms with van der Waals surface area (Å²) in [6, 6.07) is 0. The van der Waals surface area contributed by atoms with E-state index in [0.29, 0.717) is 0 Å². The zero-order valence-corrected chi connectivity index (χ0v) is 4.61. The molecule has 0 radical (unpaired) electrons. The molecule has 0 aromatic rings. The Balaban J connectivity index is 2.40. The fourth-order valence-corrected chi connectivity index (χ4v) is 0.905. The number of hydrogen-bond donors (Lipinski definition) is 1. The molecule has 0 fully saturated rings. The summed E-state index contributed by atoms with van der Waals surface area (Å²) in [5.74, 6) is 0. The van der Waals surface area contributed by atoms with E-state index >= 15 is 0 Å². The summed E-state index contributed by atoms with van der Waals surface area (Å²) in [5.41, 5.74) is 5.20. The first kappa shape index (κ1) is 4.85. The quantitative estimate of drug-likeness (QED) is 0.461. The monoisotopic (exact) mass is 98.1 g/mol. The van der Waals surface area contributed by atoms with Crippen molar-refractivity contribution >= 4 is 0 Å². The summed E-state index contributed by atoms with van der Waals surface area (Å²) >= 11 is 0. The van der Waals surface area contributed by atoms with Crippen LogP contribution in [0.5, 0.6) is 0 Å². The van der Waals surface area contributed by atoms with Crippen LogP contribution in [0, 0.1) is 0 Å². The lowest BCUT2D eigenvalue weighted by atomic mass is 10.1. The third-order valence-electron chi connectivity index (χ3n) is 1.39. The highest BCUT2D eigenvalue weighted by Gasteiger charge is 1.99. The molecule has 0 saturated carbocycles. The molecule has 0 heterocycles. The van der Waals surface area contributed by atoms with Crippen molar-refractivity contribution in [2.24, 2.45) is 0 Å². The zero-order chi connectivity index (χ0) is 5.11. The normalized spacial score (nSPS) is 21.6. The van der Waals surface area contributed by atoms with Crippen molar-refractivity contribution in [2.75, 3.05) is 0 Å². The van der Waals surface area contributed by atoms with Gasteiger partial charge in [-0.25, -0.2) is 0 Å². The van der Waals surface area contributed by atoms with Crippen molar-refractivity contribution in [2.45, 2.75) is 25.7 Å². The van der Waals surface area contributed by atoms with E-state index in [0.717, 1.165) is 0 Å². The molecule has 1 nitrogen and oxygen atoms in total. The van der Waals surface area contributed by atoms with Gasteiger partial charge in [-0.05, 0) is 25.3 Å². The molecule has 0 bridgehead atoms. The van der Waals surface area contributed by atoms with E-state index in [1.54, 1.807) is 0 Å². The van der Waals surface area contributed by atoms with Gasteiger partial charge in [0.15, 0.2) is 0 Å². The van der Waals surface area contributed by atoms with E-state index in [9.17, 15) is 0 Å². The summed E-state index contributed by atoms with van der Waals surface area (Å²) in [6.07, 6.45) is 7.47. The fraction of sp³-hybridized carbons (Fsp3) is 0.667. The molecule has 0 aromatic heterocycles. The van der Waals surface area contributed by atoms with Crippen LogP contribution in [0.2, 0.25) is 0 Å². The molecule has 1 heteroatoms. The van der Waals surface area contributed by atoms with Crippen LogP contribution in [0.25, 0.3) is 0 Å². The molecule has 40 valence electrons. The van der Waals surface area contributed by atoms with E-state index < -0.39 is 0 Å². The van der Waals surface area contributed by atoms with Crippen LogP contribution in [0.4, 0.5) is 0 Å². The molecule has 1 rings (SSSR count). The van der Waals surface area contributed by atoms with E-state index in [4.69, 9.17) is 0 Å². The molecule has 0 aromatic carbocycles. The third kappa shape index (κ3) is 1.32. The maximum atomic E-state index is 3.86. The first-order valence-corrected chi connectivity index (χ1v) is 2.90. The average molecular weight is 98.2 g/mol. The van der Waals surface area contributed by atoms with Gasteiger partial charge in [0.25, 0.3) is 0 Å². The number of quaternary nitrogens is 1. The Kier molecular flexibility index (Phi) is 1.47. The Morgan fingerprint density at radius 3 is 2.57 bits per heavy atom. The largest absolute Gasteiger partial charge is 0.329 e. The molecule has 1 aliphatic carbocycles. The van der Waals surface area contributed by atoms with Crippen LogP contribution in [0.15, 0.2) is 11.8 Å². The van der Waals surface area contributed by atoms with Crippen molar-refractivity contribution in [1.29, 1.82) is 0 Å². The highest BCUT2D eigenvalue weighted by atomic mass is 14.6. The first-order valence-electron chi connectivity index (χ1n) is 2.90. The van der Waals surface area contributed by atoms with E-state index in [-0.39, 0.29) is 0 Å². The second-order valence-electron chi connectivity index (χ2n) is 2.11. The van der Waals surface area contributed by atoms with Crippen molar-refractivity contribution < 1.29 is 5.73 Å². The molecular formula is C6H12N+. The lowest BCUT2D eigenvalue weighted by molar-refractivity contribution is -0.308. The summed E-state index contributed by atoms with van der Waals surface area (Å²) in [5, 5.41) is 0. The maximum Gasteiger partial charge on any atom is 0.0998 e. The molecule has 0 atom stereocenters. The lowest BCUT2D eigenvalue weighted by Gasteiger charge is -2.01. The van der Waals surface area contributed by atoms with Crippen LogP contribution >= 0.6 is 0 Å². The van der Waals surface area contributed by atoms with Crippen molar-refractivity contribution in [3.8, 4) is 0 Å². The highest BCUT2D eigenvalue weighted by Crippen LogP contribution is 2.10. The molecule has 0 aliphatic heterocycles. The maximum absolute atomic E-state index is 3.86. The van der Waals surface area contributed by atoms with Gasteiger partial charge >= 0.3 is 0 Å². The van der Waals surface area contributed by atoms with Crippen LogP contribution in [-0.4, -0.2) is 0 Å². The average Bonchev–Trinajstić information content (AvgIpc) is 1.69. The second kappa shape index (κ2) is 2.12. The minimum atomic E-state index is 1.24. The van der Waals surface area contributed by atoms with Gasteiger partial charge < -0.3 is 5.73 Å². The summed E-state index contributed by atoms with van der Waals surface area (Å²) in [7, 11) is 0. The minimum absolute atomic E-state index is 1.24. The van der Waals surface area contributed by atoms with Gasteiger partial charge in [-0.2, -0.15) is 0 Å². The fourth-order valence-electron chi connectivity index (χ4n) is 0.905. The van der Waals surface area contributed by atoms with Gasteiger partial charge in [0.2, 0.25) is 0 Å². The summed E-state index contributed by atoms with van der Waals surface area (Å²) in [6.45, 7) is 0. The van der Waals surface area contributed by atoms with E-state index in [1.165, 1.54) is 31.4 Å². The Morgan fingerprint density at radius 1 is 1.43 bits per heavy atom. The van der Waals surface area contributed by atoms with E-state index in [2.05, 4.69) is 11.8 Å². The zero-order valence-electron chi connectivity index (χ0n) is 4.61. The van der Waals surface area contributed by atoms with Gasteiger partial charge in [0, 0.05) is 6.42 Å². The first-order chi connectivity index (χ1) is 3.39. The number of rotatable bonds is 0. The molecular weight excluding hydrogens is 86.1 g/mol. The van der Waals surface area contributed by atoms with Gasteiger partial charge in [-0.15, -0.1) is 0 Å². The topological polar surface area (TPSA) is 27.6 Å². The van der Waals surface area contributed by atoms with Gasteiger partial charge in [-0.1, -0.05) is 0 Å². The predicted molar refractivity (Wildman–Crippen MR) is 29.4 cm³/mol. The van der Waals surface area contributed by atoms with Crippen molar-refractivity contribution in [3.63, 3.8) is 0 Å². The van der Waals surface area contributed by atoms with Gasteiger partial charge in [-0.3, -0.25) is 0 Å². The predicted octanol–water partition coefficient (Wildman–Crippen LogP) is 0.686. The van der Waals surface area contributed by atoms with Gasteiger partial charge in [0.05, 0.1) is 5.70 Å². The number of allylic oxidation sites excluding steroid dienone is 2. The summed E-state index contributed by atoms with van der Waals surface area (Å²) in [4.78, 5) is 0. The van der Waals surface area contributed by atoms with Crippen LogP contribution in [0.3, 0.4) is 0 Å². The Labute approximate surface area is 44.2 Å². The van der Waals surface area contributed by atoms with Crippen molar-refractivity contribution in [1.82, 2.24) is 0 Å². The Hall–Kier alpha value is -0.300.